The third kappa shape index (κ3) is 6.85. The van der Waals surface area contributed by atoms with Crippen LogP contribution < -0.4 is 16.4 Å². The molecule has 2 aromatic rings. The van der Waals surface area contributed by atoms with Crippen LogP contribution in [0.4, 0.5) is 0 Å². The molecule has 0 fully saturated rings. The SMILES string of the molecule is CCNC(=NCc1ccc(C(N)=O)o1)NCC(C)(C)c1ccc(CC)cc1.I. The van der Waals surface area contributed by atoms with Gasteiger partial charge in [-0.1, -0.05) is 45.0 Å². The van der Waals surface area contributed by atoms with Gasteiger partial charge in [0.25, 0.3) is 5.91 Å². The van der Waals surface area contributed by atoms with Crippen LogP contribution in [0, 0.1) is 0 Å². The van der Waals surface area contributed by atoms with Crippen LogP contribution in [-0.4, -0.2) is 25.0 Å². The summed E-state index contributed by atoms with van der Waals surface area (Å²) in [5.41, 5.74) is 7.77. The number of guanidine groups is 1. The lowest BCUT2D eigenvalue weighted by Gasteiger charge is -2.27. The van der Waals surface area contributed by atoms with Crippen LogP contribution in [0.2, 0.25) is 0 Å². The molecule has 0 aliphatic heterocycles. The van der Waals surface area contributed by atoms with Crippen LogP contribution in [0.1, 0.15) is 55.1 Å². The van der Waals surface area contributed by atoms with Gasteiger partial charge in [-0.15, -0.1) is 24.0 Å². The summed E-state index contributed by atoms with van der Waals surface area (Å²) in [5, 5.41) is 6.62. The fourth-order valence-electron chi connectivity index (χ4n) is 2.69. The molecule has 7 heteroatoms. The largest absolute Gasteiger partial charge is 0.454 e. The second-order valence-electron chi connectivity index (χ2n) is 7.11. The smallest absolute Gasteiger partial charge is 0.284 e. The van der Waals surface area contributed by atoms with E-state index in [1.165, 1.54) is 11.1 Å². The van der Waals surface area contributed by atoms with Crippen molar-refractivity contribution in [2.75, 3.05) is 13.1 Å². The van der Waals surface area contributed by atoms with E-state index in [1.54, 1.807) is 12.1 Å². The van der Waals surface area contributed by atoms with E-state index in [-0.39, 0.29) is 35.2 Å². The van der Waals surface area contributed by atoms with Crippen molar-refractivity contribution in [1.82, 2.24) is 10.6 Å². The number of primary amides is 1. The van der Waals surface area contributed by atoms with Crippen LogP contribution in [0.5, 0.6) is 0 Å². The Balaban J connectivity index is 0.00000392. The fourth-order valence-corrected chi connectivity index (χ4v) is 2.69. The molecule has 154 valence electrons. The number of furan rings is 1. The van der Waals surface area contributed by atoms with Gasteiger partial charge < -0.3 is 20.8 Å². The number of halogens is 1. The van der Waals surface area contributed by atoms with E-state index in [0.717, 1.165) is 19.5 Å². The van der Waals surface area contributed by atoms with Crippen molar-refractivity contribution in [3.8, 4) is 0 Å². The minimum atomic E-state index is -0.578. The van der Waals surface area contributed by atoms with E-state index in [2.05, 4.69) is 60.7 Å². The standard InChI is InChI=1S/C21H30N4O2.HI/c1-5-15-7-9-16(10-8-15)21(3,4)14-25-20(23-6-2)24-13-17-11-12-18(27-17)19(22)26;/h7-12H,5-6,13-14H2,1-4H3,(H2,22,26)(H2,23,24,25);1H. The highest BCUT2D eigenvalue weighted by Crippen LogP contribution is 2.22. The normalized spacial score (nSPS) is 11.6. The highest BCUT2D eigenvalue weighted by molar-refractivity contribution is 14.0. The second-order valence-corrected chi connectivity index (χ2v) is 7.11. The Bertz CT molecular complexity index is 782. The second kappa shape index (κ2) is 11.1. The van der Waals surface area contributed by atoms with Gasteiger partial charge in [-0.3, -0.25) is 4.79 Å². The molecule has 28 heavy (non-hydrogen) atoms. The Kier molecular flexibility index (Phi) is 9.51. The number of rotatable bonds is 8. The van der Waals surface area contributed by atoms with Gasteiger partial charge in [0.1, 0.15) is 12.3 Å². The Morgan fingerprint density at radius 2 is 1.79 bits per heavy atom. The third-order valence-corrected chi connectivity index (χ3v) is 4.48. The van der Waals surface area contributed by atoms with Crippen LogP contribution in [-0.2, 0) is 18.4 Å². The predicted molar refractivity (Wildman–Crippen MR) is 124 cm³/mol. The van der Waals surface area contributed by atoms with E-state index in [9.17, 15) is 4.79 Å². The highest BCUT2D eigenvalue weighted by atomic mass is 127. The van der Waals surface area contributed by atoms with Crippen molar-refractivity contribution in [2.24, 2.45) is 10.7 Å². The van der Waals surface area contributed by atoms with Gasteiger partial charge in [-0.2, -0.15) is 0 Å². The molecular formula is C21H31IN4O2. The number of hydrogen-bond acceptors (Lipinski definition) is 3. The van der Waals surface area contributed by atoms with E-state index in [1.807, 2.05) is 6.92 Å². The van der Waals surface area contributed by atoms with Crippen molar-refractivity contribution >= 4 is 35.8 Å². The molecule has 1 amide bonds. The summed E-state index contributed by atoms with van der Waals surface area (Å²) in [7, 11) is 0. The molecule has 0 aliphatic rings. The summed E-state index contributed by atoms with van der Waals surface area (Å²) in [6.07, 6.45) is 1.04. The molecular weight excluding hydrogens is 467 g/mol. The fraction of sp³-hybridized carbons (Fsp3) is 0.429. The topological polar surface area (TPSA) is 92.6 Å². The lowest BCUT2D eigenvalue weighted by molar-refractivity contribution is 0.0972. The zero-order chi connectivity index (χ0) is 19.9. The number of aliphatic imine (C=N–C) groups is 1. The van der Waals surface area contributed by atoms with Gasteiger partial charge in [0.2, 0.25) is 0 Å². The van der Waals surface area contributed by atoms with Crippen LogP contribution in [0.15, 0.2) is 45.8 Å². The number of nitrogens with one attached hydrogen (secondary N) is 2. The summed E-state index contributed by atoms with van der Waals surface area (Å²) < 4.78 is 5.37. The lowest BCUT2D eigenvalue weighted by Crippen LogP contribution is -2.43. The van der Waals surface area contributed by atoms with E-state index < -0.39 is 5.91 Å². The summed E-state index contributed by atoms with van der Waals surface area (Å²) in [6, 6.07) is 12.0. The summed E-state index contributed by atoms with van der Waals surface area (Å²) >= 11 is 0. The third-order valence-electron chi connectivity index (χ3n) is 4.48. The maximum Gasteiger partial charge on any atom is 0.284 e. The minimum absolute atomic E-state index is 0. The van der Waals surface area contributed by atoms with Gasteiger partial charge in [0, 0.05) is 18.5 Å². The van der Waals surface area contributed by atoms with Crippen LogP contribution in [0.3, 0.4) is 0 Å². The summed E-state index contributed by atoms with van der Waals surface area (Å²) in [6.45, 7) is 10.4. The van der Waals surface area contributed by atoms with Crippen LogP contribution >= 0.6 is 24.0 Å². The summed E-state index contributed by atoms with van der Waals surface area (Å²) in [5.74, 6) is 0.865. The molecule has 0 saturated carbocycles. The molecule has 0 radical (unpaired) electrons. The molecule has 0 aliphatic carbocycles. The molecule has 6 nitrogen and oxygen atoms in total. The number of carbonyl (C=O) groups is 1. The van der Waals surface area contributed by atoms with E-state index in [0.29, 0.717) is 18.3 Å². The summed E-state index contributed by atoms with van der Waals surface area (Å²) in [4.78, 5) is 15.6. The Labute approximate surface area is 184 Å². The molecule has 1 aromatic heterocycles. The molecule has 0 atom stereocenters. The maximum absolute atomic E-state index is 11.1. The highest BCUT2D eigenvalue weighted by Gasteiger charge is 2.21. The average Bonchev–Trinajstić information content (AvgIpc) is 3.13. The number of aryl methyl sites for hydroxylation is 1. The number of carbonyl (C=O) groups excluding carboxylic acids is 1. The first kappa shape index (κ1) is 24.0. The monoisotopic (exact) mass is 498 g/mol. The first-order chi connectivity index (χ1) is 12.9. The van der Waals surface area contributed by atoms with Crippen molar-refractivity contribution in [3.63, 3.8) is 0 Å². The van der Waals surface area contributed by atoms with Crippen molar-refractivity contribution < 1.29 is 9.21 Å². The molecule has 0 unspecified atom stereocenters. The molecule has 0 bridgehead atoms. The number of benzene rings is 1. The number of nitrogens with zero attached hydrogens (tertiary/aromatic N) is 1. The first-order valence-corrected chi connectivity index (χ1v) is 9.35. The number of amides is 1. The van der Waals surface area contributed by atoms with Crippen molar-refractivity contribution in [3.05, 3.63) is 59.0 Å². The van der Waals surface area contributed by atoms with Gasteiger partial charge in [0.15, 0.2) is 11.7 Å². The predicted octanol–water partition coefficient (Wildman–Crippen LogP) is 3.59. The van der Waals surface area contributed by atoms with Gasteiger partial charge in [-0.05, 0) is 36.6 Å². The Morgan fingerprint density at radius 3 is 2.32 bits per heavy atom. The molecule has 1 aromatic carbocycles. The Morgan fingerprint density at radius 1 is 1.11 bits per heavy atom. The molecule has 4 N–H and O–H groups in total. The van der Waals surface area contributed by atoms with Crippen molar-refractivity contribution in [2.45, 2.75) is 46.1 Å². The average molecular weight is 498 g/mol. The maximum atomic E-state index is 11.1. The van der Waals surface area contributed by atoms with Gasteiger partial charge >= 0.3 is 0 Å². The molecule has 1 heterocycles. The number of nitrogens with two attached hydrogens (primary N) is 1. The Hall–Kier alpha value is -2.03. The quantitative estimate of drug-likeness (QED) is 0.295. The zero-order valence-corrected chi connectivity index (χ0v) is 19.4. The van der Waals surface area contributed by atoms with Gasteiger partial charge in [-0.25, -0.2) is 4.99 Å². The van der Waals surface area contributed by atoms with E-state index in [4.69, 9.17) is 10.2 Å². The molecule has 0 saturated heterocycles. The zero-order valence-electron chi connectivity index (χ0n) is 17.0. The lowest BCUT2D eigenvalue weighted by atomic mass is 9.84. The van der Waals surface area contributed by atoms with Crippen molar-refractivity contribution in [1.29, 1.82) is 0 Å². The molecule has 0 spiro atoms. The van der Waals surface area contributed by atoms with E-state index >= 15 is 0 Å². The minimum Gasteiger partial charge on any atom is -0.454 e. The van der Waals surface area contributed by atoms with Crippen LogP contribution in [0.25, 0.3) is 0 Å². The first-order valence-electron chi connectivity index (χ1n) is 9.35. The van der Waals surface area contributed by atoms with Gasteiger partial charge in [0.05, 0.1) is 0 Å². The number of hydrogen-bond donors (Lipinski definition) is 3. The molecule has 2 rings (SSSR count).